The molecule has 1 aliphatic rings. The summed E-state index contributed by atoms with van der Waals surface area (Å²) in [4.78, 5) is 87.0. The number of methoxy groups -OCH3 is 2. The smallest absolute Gasteiger partial charge is 0.326 e. The highest BCUT2D eigenvalue weighted by Crippen LogP contribution is 2.30. The van der Waals surface area contributed by atoms with Gasteiger partial charge in [0.1, 0.15) is 18.1 Å². The fourth-order valence-corrected chi connectivity index (χ4v) is 8.75. The molecule has 10 atom stereocenters. The molecule has 15 heteroatoms. The zero-order chi connectivity index (χ0) is 46.3. The van der Waals surface area contributed by atoms with Crippen LogP contribution >= 0.6 is 0 Å². The van der Waals surface area contributed by atoms with Gasteiger partial charge in [0.25, 0.3) is 0 Å². The minimum absolute atomic E-state index is 0.0567. The zero-order valence-electron chi connectivity index (χ0n) is 39.4. The molecule has 0 aliphatic carbocycles. The molecule has 1 heterocycles. The van der Waals surface area contributed by atoms with Crippen LogP contribution in [-0.4, -0.2) is 146 Å². The van der Waals surface area contributed by atoms with E-state index in [9.17, 15) is 33.9 Å². The van der Waals surface area contributed by atoms with Crippen molar-refractivity contribution >= 4 is 35.5 Å². The van der Waals surface area contributed by atoms with Gasteiger partial charge in [-0.15, -0.1) is 0 Å². The standard InChI is InChI=1S/C46H78N6O9/c1-15-30(8)40(51(12)45(57)38(28(4)5)49-43(55)39(29(6)7)50(11)44(56)33(47-10)24-27(2)3)36(60-13)26-37(53)52-23-19-22-35(52)41(61-14)31(9)42(54)48-34(46(58)59)25-32-20-17-16-18-21-32/h16-18,20-21,27-31,33-36,38-41,47H,15,19,22-26H2,1-14H3,(H,48,54)(H,49,55)(H,58,59)/t30-,31+,33-,34-,35-,36+,38-,39?,40?,41+/m0/s1. The molecule has 2 unspecified atom stereocenters. The lowest BCUT2D eigenvalue weighted by atomic mass is 9.89. The Morgan fingerprint density at radius 1 is 0.836 bits per heavy atom. The second kappa shape index (κ2) is 25.1. The molecule has 1 aromatic carbocycles. The molecule has 1 aliphatic heterocycles. The average molecular weight is 859 g/mol. The van der Waals surface area contributed by atoms with Gasteiger partial charge < -0.3 is 45.2 Å². The molecule has 1 fully saturated rings. The van der Waals surface area contributed by atoms with E-state index >= 15 is 0 Å². The molecular formula is C46H78N6O9. The molecule has 15 nitrogen and oxygen atoms in total. The van der Waals surface area contributed by atoms with Crippen molar-refractivity contribution in [3.63, 3.8) is 0 Å². The minimum Gasteiger partial charge on any atom is -0.480 e. The van der Waals surface area contributed by atoms with Crippen molar-refractivity contribution in [2.45, 2.75) is 149 Å². The van der Waals surface area contributed by atoms with Crippen LogP contribution in [0.1, 0.15) is 100.0 Å². The van der Waals surface area contributed by atoms with Crippen LogP contribution in [0.5, 0.6) is 0 Å². The van der Waals surface area contributed by atoms with E-state index < -0.39 is 72.2 Å². The first-order valence-electron chi connectivity index (χ1n) is 22.1. The molecule has 2 rings (SSSR count). The monoisotopic (exact) mass is 859 g/mol. The SMILES string of the molecule is CC[C@H](C)C([C@@H](CC(=O)N1CCC[C@H]1[C@H](OC)[C@@H](C)C(=O)N[C@@H](Cc1ccccc1)C(=O)O)OC)N(C)C(=O)[C@@H](NC(=O)C(C(C)C)N(C)C(=O)[C@H](CC(C)C)NC)C(C)C. The molecule has 0 bridgehead atoms. The second-order valence-electron chi connectivity index (χ2n) is 18.0. The second-order valence-corrected chi connectivity index (χ2v) is 18.0. The van der Waals surface area contributed by atoms with Crippen molar-refractivity contribution in [1.82, 2.24) is 30.7 Å². The van der Waals surface area contributed by atoms with E-state index in [1.807, 2.05) is 73.6 Å². The number of carboxylic acid groups (broad SMARTS) is 1. The largest absolute Gasteiger partial charge is 0.480 e. The lowest BCUT2D eigenvalue weighted by Crippen LogP contribution is -2.61. The third kappa shape index (κ3) is 14.5. The van der Waals surface area contributed by atoms with Crippen LogP contribution in [0.4, 0.5) is 0 Å². The van der Waals surface area contributed by atoms with Gasteiger partial charge in [-0.2, -0.15) is 0 Å². The van der Waals surface area contributed by atoms with Crippen LogP contribution in [0, 0.1) is 29.6 Å². The van der Waals surface area contributed by atoms with Crippen LogP contribution in [0.25, 0.3) is 0 Å². The van der Waals surface area contributed by atoms with Crippen LogP contribution in [-0.2, 0) is 44.7 Å². The zero-order valence-corrected chi connectivity index (χ0v) is 39.4. The number of carbonyl (C=O) groups excluding carboxylic acids is 5. The number of ether oxygens (including phenoxy) is 2. The summed E-state index contributed by atoms with van der Waals surface area (Å²) in [6.45, 7) is 17.7. The van der Waals surface area contributed by atoms with E-state index in [0.29, 0.717) is 32.2 Å². The Hall–Kier alpha value is -4.08. The summed E-state index contributed by atoms with van der Waals surface area (Å²) >= 11 is 0. The molecule has 4 N–H and O–H groups in total. The lowest BCUT2D eigenvalue weighted by Gasteiger charge is -2.41. The van der Waals surface area contributed by atoms with Gasteiger partial charge in [0.2, 0.25) is 29.5 Å². The Morgan fingerprint density at radius 3 is 1.95 bits per heavy atom. The van der Waals surface area contributed by atoms with E-state index in [-0.39, 0.29) is 54.2 Å². The summed E-state index contributed by atoms with van der Waals surface area (Å²) in [5.41, 5.74) is 0.773. The third-order valence-corrected chi connectivity index (χ3v) is 12.4. The molecule has 0 radical (unpaired) electrons. The number of carboxylic acids is 1. The number of aliphatic carboxylic acids is 1. The maximum Gasteiger partial charge on any atom is 0.326 e. The average Bonchev–Trinajstić information content (AvgIpc) is 3.70. The van der Waals surface area contributed by atoms with Crippen molar-refractivity contribution in [2.75, 3.05) is 41.9 Å². The maximum atomic E-state index is 14.5. The molecule has 0 aromatic heterocycles. The Kier molecular flexibility index (Phi) is 21.9. The van der Waals surface area contributed by atoms with Gasteiger partial charge in [0, 0.05) is 41.3 Å². The lowest BCUT2D eigenvalue weighted by molar-refractivity contribution is -0.149. The summed E-state index contributed by atoms with van der Waals surface area (Å²) < 4.78 is 11.9. The highest BCUT2D eigenvalue weighted by Gasteiger charge is 2.44. The number of hydrogen-bond donors (Lipinski definition) is 4. The number of nitrogens with one attached hydrogen (secondary N) is 3. The summed E-state index contributed by atoms with van der Waals surface area (Å²) in [5.74, 6) is -3.98. The molecular weight excluding hydrogens is 781 g/mol. The predicted octanol–water partition coefficient (Wildman–Crippen LogP) is 3.98. The van der Waals surface area contributed by atoms with Crippen molar-refractivity contribution in [3.05, 3.63) is 35.9 Å². The third-order valence-electron chi connectivity index (χ3n) is 12.4. The van der Waals surface area contributed by atoms with Crippen molar-refractivity contribution in [1.29, 1.82) is 0 Å². The summed E-state index contributed by atoms with van der Waals surface area (Å²) in [7, 11) is 8.05. The van der Waals surface area contributed by atoms with Gasteiger partial charge in [0.05, 0.1) is 42.7 Å². The van der Waals surface area contributed by atoms with Crippen molar-refractivity contribution in [2.24, 2.45) is 29.6 Å². The number of nitrogens with zero attached hydrogens (tertiary/aromatic N) is 3. The van der Waals surface area contributed by atoms with Crippen LogP contribution in [0.15, 0.2) is 30.3 Å². The quantitative estimate of drug-likeness (QED) is 0.112. The molecule has 61 heavy (non-hydrogen) atoms. The summed E-state index contributed by atoms with van der Waals surface area (Å²) in [6, 6.07) is 4.71. The highest BCUT2D eigenvalue weighted by molar-refractivity contribution is 5.93. The molecule has 346 valence electrons. The first kappa shape index (κ1) is 53.1. The van der Waals surface area contributed by atoms with Gasteiger partial charge in [-0.1, -0.05) is 99.1 Å². The van der Waals surface area contributed by atoms with Gasteiger partial charge >= 0.3 is 5.97 Å². The molecule has 1 aromatic rings. The number of rotatable bonds is 25. The van der Waals surface area contributed by atoms with E-state index in [1.165, 1.54) is 19.1 Å². The Bertz CT molecular complexity index is 1580. The normalized spacial score (nSPS) is 18.7. The van der Waals surface area contributed by atoms with E-state index in [0.717, 1.165) is 5.56 Å². The number of benzene rings is 1. The molecule has 5 amide bonds. The molecule has 0 saturated carbocycles. The summed E-state index contributed by atoms with van der Waals surface area (Å²) in [6.07, 6.45) is 1.17. The number of amides is 5. The first-order valence-corrected chi connectivity index (χ1v) is 22.1. The molecule has 1 saturated heterocycles. The molecule has 0 spiro atoms. The maximum absolute atomic E-state index is 14.5. The summed E-state index contributed by atoms with van der Waals surface area (Å²) in [5, 5.41) is 18.7. The van der Waals surface area contributed by atoms with Crippen LogP contribution in [0.3, 0.4) is 0 Å². The fraction of sp³-hybridized carbons (Fsp3) is 0.739. The van der Waals surface area contributed by atoms with E-state index in [4.69, 9.17) is 9.47 Å². The Balaban J connectivity index is 2.31. The fourth-order valence-electron chi connectivity index (χ4n) is 8.75. The van der Waals surface area contributed by atoms with Crippen molar-refractivity contribution in [3.8, 4) is 0 Å². The Labute approximate surface area is 365 Å². The van der Waals surface area contributed by atoms with Gasteiger partial charge in [0.15, 0.2) is 0 Å². The van der Waals surface area contributed by atoms with Gasteiger partial charge in [-0.05, 0) is 55.5 Å². The number of likely N-dealkylation sites (tertiary alicyclic amines) is 1. The van der Waals surface area contributed by atoms with Crippen LogP contribution < -0.4 is 16.0 Å². The number of carbonyl (C=O) groups is 6. The van der Waals surface area contributed by atoms with Crippen molar-refractivity contribution < 1.29 is 43.3 Å². The Morgan fingerprint density at radius 2 is 1.46 bits per heavy atom. The first-order chi connectivity index (χ1) is 28.7. The highest BCUT2D eigenvalue weighted by atomic mass is 16.5. The predicted molar refractivity (Wildman–Crippen MR) is 236 cm³/mol. The van der Waals surface area contributed by atoms with E-state index in [1.54, 1.807) is 50.0 Å². The topological polar surface area (TPSA) is 187 Å². The van der Waals surface area contributed by atoms with Crippen LogP contribution in [0.2, 0.25) is 0 Å². The van der Waals surface area contributed by atoms with Gasteiger partial charge in [-0.3, -0.25) is 24.0 Å². The van der Waals surface area contributed by atoms with E-state index in [2.05, 4.69) is 16.0 Å². The number of likely N-dealkylation sites (N-methyl/N-ethyl adjacent to an activating group) is 3. The van der Waals surface area contributed by atoms with Gasteiger partial charge in [-0.25, -0.2) is 4.79 Å². The minimum atomic E-state index is -1.15. The number of hydrogen-bond acceptors (Lipinski definition) is 9.